The van der Waals surface area contributed by atoms with E-state index in [2.05, 4.69) is 10.2 Å². The van der Waals surface area contributed by atoms with E-state index in [9.17, 15) is 15.0 Å². The van der Waals surface area contributed by atoms with Crippen LogP contribution in [-0.2, 0) is 19.3 Å². The van der Waals surface area contributed by atoms with Gasteiger partial charge in [-0.1, -0.05) is 0 Å². The molecule has 1 aliphatic rings. The van der Waals surface area contributed by atoms with Gasteiger partial charge in [-0.2, -0.15) is 0 Å². The van der Waals surface area contributed by atoms with Gasteiger partial charge in [-0.15, -0.1) is 0 Å². The smallest absolute Gasteiger partial charge is 0.217 e. The summed E-state index contributed by atoms with van der Waals surface area (Å²) in [6, 6.07) is -0.981. The zero-order valence-corrected chi connectivity index (χ0v) is 9.57. The molecule has 8 heteroatoms. The second-order valence-corrected chi connectivity index (χ2v) is 3.70. The van der Waals surface area contributed by atoms with Crippen molar-refractivity contribution in [2.24, 2.45) is 0 Å². The lowest BCUT2D eigenvalue weighted by molar-refractivity contribution is -0.400. The summed E-state index contributed by atoms with van der Waals surface area (Å²) in [6.07, 6.45) is -4.77. The predicted molar refractivity (Wildman–Crippen MR) is 53.5 cm³/mol. The second-order valence-electron chi connectivity index (χ2n) is 3.70. The average molecular weight is 251 g/mol. The van der Waals surface area contributed by atoms with Gasteiger partial charge in [0.15, 0.2) is 0 Å². The largest absolute Gasteiger partial charge is 0.394 e. The summed E-state index contributed by atoms with van der Waals surface area (Å²) >= 11 is 0. The van der Waals surface area contributed by atoms with Gasteiger partial charge in [0, 0.05) is 6.92 Å². The van der Waals surface area contributed by atoms with E-state index in [1.165, 1.54) is 14.0 Å². The normalized spacial score (nSPS) is 37.8. The number of ether oxygens (including phenoxy) is 1. The van der Waals surface area contributed by atoms with Crippen molar-refractivity contribution in [3.8, 4) is 0 Å². The van der Waals surface area contributed by atoms with Crippen molar-refractivity contribution in [3.63, 3.8) is 0 Å². The molecule has 0 aromatic rings. The lowest BCUT2D eigenvalue weighted by atomic mass is 9.97. The molecule has 0 aromatic heterocycles. The summed E-state index contributed by atoms with van der Waals surface area (Å²) in [6.45, 7) is 0.760. The fourth-order valence-corrected chi connectivity index (χ4v) is 1.65. The van der Waals surface area contributed by atoms with Crippen molar-refractivity contribution >= 4 is 5.91 Å². The number of carbonyl (C=O) groups is 1. The first-order valence-electron chi connectivity index (χ1n) is 5.10. The number of carbonyl (C=O) groups excluding carboxylic acids is 1. The van der Waals surface area contributed by atoms with Crippen LogP contribution in [0.3, 0.4) is 0 Å². The number of hydrogen-bond donors (Lipinski definition) is 4. The molecule has 5 atom stereocenters. The summed E-state index contributed by atoms with van der Waals surface area (Å²) in [7, 11) is 1.24. The molecule has 0 unspecified atom stereocenters. The first kappa shape index (κ1) is 14.3. The summed E-state index contributed by atoms with van der Waals surface area (Å²) in [5.74, 6) is -0.419. The Hall–Kier alpha value is -0.770. The predicted octanol–water partition coefficient (Wildman–Crippen LogP) is -2.49. The summed E-state index contributed by atoms with van der Waals surface area (Å²) in [5, 5.41) is 30.8. The molecule has 0 spiro atoms. The zero-order chi connectivity index (χ0) is 13.0. The molecule has 17 heavy (non-hydrogen) atoms. The molecule has 1 amide bonds. The van der Waals surface area contributed by atoms with Gasteiger partial charge < -0.3 is 25.4 Å². The van der Waals surface area contributed by atoms with E-state index < -0.39 is 43.2 Å². The lowest BCUT2D eigenvalue weighted by Crippen LogP contribution is -2.64. The number of aliphatic hydroxyl groups is 3. The topological polar surface area (TPSA) is 117 Å². The summed E-state index contributed by atoms with van der Waals surface area (Å²) in [5.41, 5.74) is 0. The van der Waals surface area contributed by atoms with Gasteiger partial charge in [0.1, 0.15) is 24.4 Å². The Kier molecular flexibility index (Phi) is 5.25. The van der Waals surface area contributed by atoms with Crippen LogP contribution in [0.4, 0.5) is 0 Å². The van der Waals surface area contributed by atoms with Gasteiger partial charge >= 0.3 is 0 Å². The minimum absolute atomic E-state index is 0.419. The van der Waals surface area contributed by atoms with E-state index in [0.29, 0.717) is 0 Å². The van der Waals surface area contributed by atoms with Crippen molar-refractivity contribution in [1.29, 1.82) is 0 Å². The maximum atomic E-state index is 11.0. The third kappa shape index (κ3) is 3.35. The Morgan fingerprint density at radius 2 is 2.06 bits per heavy atom. The fraction of sp³-hybridized carbons (Fsp3) is 0.889. The highest BCUT2D eigenvalue weighted by atomic mass is 17.2. The average Bonchev–Trinajstić information content (AvgIpc) is 2.28. The van der Waals surface area contributed by atoms with Gasteiger partial charge in [-0.05, 0) is 0 Å². The fourth-order valence-electron chi connectivity index (χ4n) is 1.65. The minimum atomic E-state index is -1.33. The van der Waals surface area contributed by atoms with Crippen LogP contribution in [0.5, 0.6) is 0 Å². The molecule has 1 rings (SSSR count). The van der Waals surface area contributed by atoms with Crippen LogP contribution < -0.4 is 5.32 Å². The highest BCUT2D eigenvalue weighted by molar-refractivity contribution is 5.73. The molecule has 0 aromatic carbocycles. The van der Waals surface area contributed by atoms with Crippen LogP contribution in [0.15, 0.2) is 0 Å². The maximum Gasteiger partial charge on any atom is 0.217 e. The number of nitrogens with one attached hydrogen (secondary N) is 1. The van der Waals surface area contributed by atoms with Crippen molar-refractivity contribution < 1.29 is 34.6 Å². The van der Waals surface area contributed by atoms with Crippen LogP contribution in [0, 0.1) is 0 Å². The van der Waals surface area contributed by atoms with Crippen LogP contribution in [0.2, 0.25) is 0 Å². The summed E-state index contributed by atoms with van der Waals surface area (Å²) < 4.78 is 5.15. The van der Waals surface area contributed by atoms with Crippen LogP contribution in [0.1, 0.15) is 6.92 Å². The second kappa shape index (κ2) is 6.24. The Balaban J connectivity index is 2.78. The highest BCUT2D eigenvalue weighted by Crippen LogP contribution is 2.22. The third-order valence-corrected chi connectivity index (χ3v) is 2.44. The first-order valence-corrected chi connectivity index (χ1v) is 5.10. The molecule has 100 valence electrons. The molecule has 4 N–H and O–H groups in total. The van der Waals surface area contributed by atoms with Gasteiger partial charge in [0.05, 0.1) is 13.7 Å². The molecule has 1 heterocycles. The Morgan fingerprint density at radius 3 is 2.53 bits per heavy atom. The molecule has 1 saturated heterocycles. The van der Waals surface area contributed by atoms with E-state index in [1.807, 2.05) is 0 Å². The van der Waals surface area contributed by atoms with Gasteiger partial charge in [-0.3, -0.25) is 4.79 Å². The van der Waals surface area contributed by atoms with Crippen molar-refractivity contribution in [2.45, 2.75) is 37.6 Å². The molecule has 0 bridgehead atoms. The SMILES string of the molecule is COO[C@@H]1O[C@H](CO)[C@H](O)[C@H](O)[C@H]1NC(C)=O. The number of hydrogen-bond acceptors (Lipinski definition) is 7. The number of aliphatic hydroxyl groups excluding tert-OH is 3. The van der Waals surface area contributed by atoms with E-state index in [-0.39, 0.29) is 0 Å². The Labute approximate surface area is 98.0 Å². The number of amides is 1. The molecule has 8 nitrogen and oxygen atoms in total. The zero-order valence-electron chi connectivity index (χ0n) is 9.57. The standard InChI is InChI=1S/C9H17NO7/c1-4(12)10-6-8(14)7(13)5(3-11)16-9(6)17-15-2/h5-9,11,13-14H,3H2,1-2H3,(H,10,12)/t5-,6-,7+,8-,9+/m1/s1. The molecular formula is C9H17NO7. The van der Waals surface area contributed by atoms with E-state index in [4.69, 9.17) is 14.7 Å². The van der Waals surface area contributed by atoms with Gasteiger partial charge in [0.25, 0.3) is 0 Å². The van der Waals surface area contributed by atoms with Crippen LogP contribution >= 0.6 is 0 Å². The van der Waals surface area contributed by atoms with E-state index >= 15 is 0 Å². The quantitative estimate of drug-likeness (QED) is 0.322. The number of rotatable bonds is 4. The maximum absolute atomic E-state index is 11.0. The third-order valence-electron chi connectivity index (χ3n) is 2.44. The molecule has 0 aliphatic carbocycles. The lowest BCUT2D eigenvalue weighted by Gasteiger charge is -2.41. The van der Waals surface area contributed by atoms with Crippen molar-refractivity contribution in [1.82, 2.24) is 5.32 Å². The first-order chi connectivity index (χ1) is 8.01. The molecule has 0 saturated carbocycles. The van der Waals surface area contributed by atoms with Gasteiger partial charge in [0.2, 0.25) is 12.2 Å². The highest BCUT2D eigenvalue weighted by Gasteiger charge is 2.45. The molecule has 1 aliphatic heterocycles. The molecule has 1 fully saturated rings. The van der Waals surface area contributed by atoms with Gasteiger partial charge in [-0.25, -0.2) is 9.78 Å². The minimum Gasteiger partial charge on any atom is -0.394 e. The molecular weight excluding hydrogens is 234 g/mol. The Bertz CT molecular complexity index is 262. The van der Waals surface area contributed by atoms with E-state index in [1.54, 1.807) is 0 Å². The monoisotopic (exact) mass is 251 g/mol. The van der Waals surface area contributed by atoms with Crippen LogP contribution in [-0.4, -0.2) is 65.6 Å². The van der Waals surface area contributed by atoms with Crippen molar-refractivity contribution in [2.75, 3.05) is 13.7 Å². The summed E-state index contributed by atoms with van der Waals surface area (Å²) in [4.78, 5) is 20.1. The Morgan fingerprint density at radius 1 is 1.41 bits per heavy atom. The van der Waals surface area contributed by atoms with E-state index in [0.717, 1.165) is 0 Å². The molecule has 0 radical (unpaired) electrons. The van der Waals surface area contributed by atoms with Crippen LogP contribution in [0.25, 0.3) is 0 Å². The van der Waals surface area contributed by atoms with Crippen molar-refractivity contribution in [3.05, 3.63) is 0 Å².